The smallest absolute Gasteiger partial charge is 0.307 e. The fourth-order valence-corrected chi connectivity index (χ4v) is 0.721. The van der Waals surface area contributed by atoms with Crippen LogP contribution in [0.4, 0.5) is 0 Å². The van der Waals surface area contributed by atoms with E-state index in [1.807, 2.05) is 6.92 Å². The predicted octanol–water partition coefficient (Wildman–Crippen LogP) is 0.466. The summed E-state index contributed by atoms with van der Waals surface area (Å²) in [5.74, 6) is -0.312. The van der Waals surface area contributed by atoms with Crippen LogP contribution in [-0.2, 0) is 14.3 Å². The zero-order chi connectivity index (χ0) is 9.40. The second kappa shape index (κ2) is 6.64. The van der Waals surface area contributed by atoms with E-state index >= 15 is 0 Å². The molecule has 0 aromatic heterocycles. The second-order valence-electron chi connectivity index (χ2n) is 2.43. The van der Waals surface area contributed by atoms with Crippen LogP contribution in [0.15, 0.2) is 0 Å². The van der Waals surface area contributed by atoms with E-state index in [9.17, 15) is 9.59 Å². The van der Waals surface area contributed by atoms with E-state index in [1.54, 1.807) is 0 Å². The van der Waals surface area contributed by atoms with E-state index in [2.05, 4.69) is 10.1 Å². The van der Waals surface area contributed by atoms with Crippen molar-refractivity contribution in [2.24, 2.45) is 0 Å². The zero-order valence-corrected chi connectivity index (χ0v) is 7.55. The van der Waals surface area contributed by atoms with Gasteiger partial charge >= 0.3 is 5.97 Å². The molecule has 0 saturated heterocycles. The molecule has 0 aliphatic rings. The third-order valence-corrected chi connectivity index (χ3v) is 1.36. The lowest BCUT2D eigenvalue weighted by atomic mass is 10.3. The minimum Gasteiger partial charge on any atom is -0.469 e. The van der Waals surface area contributed by atoms with Crippen molar-refractivity contribution >= 4 is 11.9 Å². The van der Waals surface area contributed by atoms with Gasteiger partial charge in [0.25, 0.3) is 0 Å². The summed E-state index contributed by atoms with van der Waals surface area (Å²) < 4.78 is 4.40. The highest BCUT2D eigenvalue weighted by Gasteiger charge is 2.01. The third-order valence-electron chi connectivity index (χ3n) is 1.36. The normalized spacial score (nSPS) is 9.17. The van der Waals surface area contributed by atoms with Gasteiger partial charge < -0.3 is 10.1 Å². The number of nitrogens with one attached hydrogen (secondary N) is 1. The highest BCUT2D eigenvalue weighted by molar-refractivity contribution is 5.76. The number of amides is 1. The molecule has 0 atom stereocenters. The van der Waals surface area contributed by atoms with Crippen molar-refractivity contribution in [1.29, 1.82) is 0 Å². The van der Waals surface area contributed by atoms with Crippen LogP contribution in [-0.4, -0.2) is 25.5 Å². The van der Waals surface area contributed by atoms with Gasteiger partial charge in [-0.25, -0.2) is 0 Å². The van der Waals surface area contributed by atoms with E-state index in [4.69, 9.17) is 0 Å². The Morgan fingerprint density at radius 1 is 1.33 bits per heavy atom. The van der Waals surface area contributed by atoms with Crippen molar-refractivity contribution in [2.45, 2.75) is 26.2 Å². The summed E-state index contributed by atoms with van der Waals surface area (Å²) in [6.07, 6.45) is 1.58. The molecule has 0 saturated carbocycles. The maximum absolute atomic E-state index is 10.8. The van der Waals surface area contributed by atoms with E-state index in [0.717, 1.165) is 6.42 Å². The summed E-state index contributed by atoms with van der Waals surface area (Å²) in [4.78, 5) is 21.4. The van der Waals surface area contributed by atoms with Crippen LogP contribution < -0.4 is 5.32 Å². The minimum absolute atomic E-state index is 0.0126. The number of rotatable bonds is 5. The minimum atomic E-state index is -0.299. The molecule has 12 heavy (non-hydrogen) atoms. The number of esters is 1. The summed E-state index contributed by atoms with van der Waals surface area (Å²) >= 11 is 0. The van der Waals surface area contributed by atoms with Crippen molar-refractivity contribution in [1.82, 2.24) is 5.32 Å². The molecule has 0 aliphatic heterocycles. The number of methoxy groups -OCH3 is 1. The summed E-state index contributed by atoms with van der Waals surface area (Å²) in [7, 11) is 1.33. The summed E-state index contributed by atoms with van der Waals surface area (Å²) in [5.41, 5.74) is 0. The molecule has 0 rings (SSSR count). The molecule has 1 N–H and O–H groups in total. The maximum atomic E-state index is 10.8. The van der Waals surface area contributed by atoms with Crippen LogP contribution in [0.1, 0.15) is 26.2 Å². The van der Waals surface area contributed by atoms with Gasteiger partial charge in [-0.05, 0) is 6.42 Å². The van der Waals surface area contributed by atoms with E-state index in [-0.39, 0.29) is 18.3 Å². The van der Waals surface area contributed by atoms with E-state index in [0.29, 0.717) is 13.0 Å². The highest BCUT2D eigenvalue weighted by Crippen LogP contribution is 1.86. The Kier molecular flexibility index (Phi) is 6.05. The molecular weight excluding hydrogens is 158 g/mol. The van der Waals surface area contributed by atoms with Gasteiger partial charge in [0.1, 0.15) is 0 Å². The Balaban J connectivity index is 3.30. The van der Waals surface area contributed by atoms with Crippen molar-refractivity contribution in [3.05, 3.63) is 0 Å². The predicted molar refractivity (Wildman–Crippen MR) is 44.6 cm³/mol. The van der Waals surface area contributed by atoms with Crippen LogP contribution in [0.25, 0.3) is 0 Å². The molecule has 0 heterocycles. The van der Waals surface area contributed by atoms with Crippen LogP contribution >= 0.6 is 0 Å². The molecule has 0 fully saturated rings. The van der Waals surface area contributed by atoms with Gasteiger partial charge in [-0.3, -0.25) is 9.59 Å². The van der Waals surface area contributed by atoms with E-state index < -0.39 is 0 Å². The molecule has 0 radical (unpaired) electrons. The van der Waals surface area contributed by atoms with Gasteiger partial charge in [0.15, 0.2) is 0 Å². The Morgan fingerprint density at radius 3 is 2.50 bits per heavy atom. The zero-order valence-electron chi connectivity index (χ0n) is 7.55. The molecule has 0 unspecified atom stereocenters. The van der Waals surface area contributed by atoms with Crippen LogP contribution in [0, 0.1) is 0 Å². The third kappa shape index (κ3) is 5.70. The van der Waals surface area contributed by atoms with Crippen LogP contribution in [0.2, 0.25) is 0 Å². The second-order valence-corrected chi connectivity index (χ2v) is 2.43. The van der Waals surface area contributed by atoms with Gasteiger partial charge in [0.05, 0.1) is 13.5 Å². The first-order valence-corrected chi connectivity index (χ1v) is 4.04. The number of ether oxygens (including phenoxy) is 1. The van der Waals surface area contributed by atoms with E-state index in [1.165, 1.54) is 7.11 Å². The SMILES string of the molecule is CCCC(=O)NCCC(=O)OC. The lowest BCUT2D eigenvalue weighted by Gasteiger charge is -2.02. The molecule has 0 aromatic rings. The number of carbonyl (C=O) groups excluding carboxylic acids is 2. The number of carbonyl (C=O) groups is 2. The standard InChI is InChI=1S/C8H15NO3/c1-3-4-7(10)9-6-5-8(11)12-2/h3-6H2,1-2H3,(H,9,10). The fourth-order valence-electron chi connectivity index (χ4n) is 0.721. The topological polar surface area (TPSA) is 55.4 Å². The molecule has 0 aliphatic carbocycles. The fraction of sp³-hybridized carbons (Fsp3) is 0.750. The molecule has 0 bridgehead atoms. The summed E-state index contributed by atoms with van der Waals surface area (Å²) in [6.45, 7) is 2.30. The van der Waals surface area contributed by atoms with Gasteiger partial charge in [0.2, 0.25) is 5.91 Å². The summed E-state index contributed by atoms with van der Waals surface area (Å²) in [6, 6.07) is 0. The Hall–Kier alpha value is -1.06. The first-order valence-electron chi connectivity index (χ1n) is 4.04. The molecule has 70 valence electrons. The number of hydrogen-bond donors (Lipinski definition) is 1. The summed E-state index contributed by atoms with van der Waals surface area (Å²) in [5, 5.41) is 2.61. The average molecular weight is 173 g/mol. The Bertz CT molecular complexity index is 156. The quantitative estimate of drug-likeness (QED) is 0.615. The van der Waals surface area contributed by atoms with Gasteiger partial charge in [-0.2, -0.15) is 0 Å². The van der Waals surface area contributed by atoms with Crippen LogP contribution in [0.5, 0.6) is 0 Å². The maximum Gasteiger partial charge on any atom is 0.307 e. The molecule has 4 heteroatoms. The Morgan fingerprint density at radius 2 is 2.00 bits per heavy atom. The lowest BCUT2D eigenvalue weighted by Crippen LogP contribution is -2.25. The van der Waals surface area contributed by atoms with Gasteiger partial charge in [-0.15, -0.1) is 0 Å². The first-order chi connectivity index (χ1) is 5.70. The molecule has 4 nitrogen and oxygen atoms in total. The average Bonchev–Trinajstić information content (AvgIpc) is 2.04. The van der Waals surface area contributed by atoms with Gasteiger partial charge in [-0.1, -0.05) is 6.92 Å². The molecule has 0 spiro atoms. The van der Waals surface area contributed by atoms with Crippen molar-refractivity contribution < 1.29 is 14.3 Å². The highest BCUT2D eigenvalue weighted by atomic mass is 16.5. The molecule has 1 amide bonds. The van der Waals surface area contributed by atoms with Crippen LogP contribution in [0.3, 0.4) is 0 Å². The largest absolute Gasteiger partial charge is 0.469 e. The number of hydrogen-bond acceptors (Lipinski definition) is 3. The molecular formula is C8H15NO3. The van der Waals surface area contributed by atoms with Gasteiger partial charge in [0, 0.05) is 13.0 Å². The Labute approximate surface area is 72.3 Å². The van der Waals surface area contributed by atoms with Crippen molar-refractivity contribution in [2.75, 3.05) is 13.7 Å². The van der Waals surface area contributed by atoms with Crippen molar-refractivity contribution in [3.63, 3.8) is 0 Å². The lowest BCUT2D eigenvalue weighted by molar-refractivity contribution is -0.140. The van der Waals surface area contributed by atoms with Crippen molar-refractivity contribution in [3.8, 4) is 0 Å². The monoisotopic (exact) mass is 173 g/mol. The molecule has 0 aromatic carbocycles. The first kappa shape index (κ1) is 10.9.